The minimum atomic E-state index is -0.863. The van der Waals surface area contributed by atoms with Crippen molar-refractivity contribution in [3.05, 3.63) is 11.6 Å². The van der Waals surface area contributed by atoms with Crippen LogP contribution in [0.4, 0.5) is 0 Å². The zero-order chi connectivity index (χ0) is 17.7. The molecule has 2 unspecified atom stereocenters. The lowest BCUT2D eigenvalue weighted by Gasteiger charge is -2.39. The highest BCUT2D eigenvalue weighted by Gasteiger charge is 2.54. The maximum Gasteiger partial charge on any atom is 0.331 e. The van der Waals surface area contributed by atoms with E-state index in [-0.39, 0.29) is 18.0 Å². The number of cyclic esters (lactones) is 1. The molecule has 134 valence electrons. The molecule has 1 aliphatic heterocycles. The van der Waals surface area contributed by atoms with Crippen LogP contribution in [0.5, 0.6) is 0 Å². The first-order valence-electron chi connectivity index (χ1n) is 9.25. The number of hydrogen-bond donors (Lipinski definition) is 1. The Bertz CT molecular complexity index is 423. The minimum absolute atomic E-state index is 0.188. The van der Waals surface area contributed by atoms with E-state index in [4.69, 9.17) is 4.74 Å². The van der Waals surface area contributed by atoms with Gasteiger partial charge in [0.1, 0.15) is 6.61 Å². The third-order valence-corrected chi connectivity index (χ3v) is 5.82. The molecule has 1 aliphatic carbocycles. The second kappa shape index (κ2) is 8.32. The molecule has 2 aliphatic rings. The zero-order valence-electron chi connectivity index (χ0n) is 15.9. The van der Waals surface area contributed by atoms with Crippen molar-refractivity contribution in [3.8, 4) is 0 Å². The minimum Gasteiger partial charge on any atom is -0.458 e. The van der Waals surface area contributed by atoms with E-state index < -0.39 is 5.60 Å². The summed E-state index contributed by atoms with van der Waals surface area (Å²) in [5.74, 6) is 1.04. The Hall–Kier alpha value is -0.830. The SMILES string of the molecule is CC1CCC(O)(C2=CC(=O)OC2)C1(C)C.CCCCCC(C)C. The van der Waals surface area contributed by atoms with Crippen molar-refractivity contribution < 1.29 is 14.6 Å². The Balaban J connectivity index is 0.000000284. The number of carbonyl (C=O) groups excluding carboxylic acids is 1. The quantitative estimate of drug-likeness (QED) is 0.579. The Kier molecular flexibility index (Phi) is 7.31. The van der Waals surface area contributed by atoms with E-state index in [0.29, 0.717) is 5.92 Å². The van der Waals surface area contributed by atoms with E-state index in [1.165, 1.54) is 31.8 Å². The average Bonchev–Trinajstić information content (AvgIpc) is 2.99. The highest BCUT2D eigenvalue weighted by molar-refractivity contribution is 5.85. The number of ether oxygens (including phenoxy) is 1. The molecule has 2 rings (SSSR count). The number of unbranched alkanes of at least 4 members (excludes halogenated alkanes) is 2. The van der Waals surface area contributed by atoms with Crippen LogP contribution in [0.1, 0.15) is 80.1 Å². The highest BCUT2D eigenvalue weighted by Crippen LogP contribution is 2.53. The van der Waals surface area contributed by atoms with Crippen LogP contribution in [0.2, 0.25) is 0 Å². The Morgan fingerprint density at radius 1 is 1.35 bits per heavy atom. The largest absolute Gasteiger partial charge is 0.458 e. The van der Waals surface area contributed by atoms with Crippen LogP contribution in [0.15, 0.2) is 11.6 Å². The molecule has 1 fully saturated rings. The highest BCUT2D eigenvalue weighted by atomic mass is 16.5. The van der Waals surface area contributed by atoms with Crippen LogP contribution in [0.25, 0.3) is 0 Å². The van der Waals surface area contributed by atoms with E-state index in [1.807, 2.05) is 0 Å². The topological polar surface area (TPSA) is 46.5 Å². The summed E-state index contributed by atoms with van der Waals surface area (Å²) in [7, 11) is 0. The number of hydrogen-bond acceptors (Lipinski definition) is 3. The maximum atomic E-state index is 11.0. The van der Waals surface area contributed by atoms with Crippen molar-refractivity contribution in [3.63, 3.8) is 0 Å². The molecule has 1 heterocycles. The molecule has 0 aromatic rings. The maximum absolute atomic E-state index is 11.0. The summed E-state index contributed by atoms with van der Waals surface area (Å²) in [6.07, 6.45) is 8.78. The van der Waals surface area contributed by atoms with Crippen molar-refractivity contribution in [2.75, 3.05) is 6.61 Å². The van der Waals surface area contributed by atoms with Crippen molar-refractivity contribution >= 4 is 5.97 Å². The van der Waals surface area contributed by atoms with Gasteiger partial charge in [-0.15, -0.1) is 0 Å². The monoisotopic (exact) mass is 324 g/mol. The Labute approximate surface area is 142 Å². The molecule has 0 radical (unpaired) electrons. The van der Waals surface area contributed by atoms with Gasteiger partial charge >= 0.3 is 5.97 Å². The smallest absolute Gasteiger partial charge is 0.331 e. The first kappa shape index (κ1) is 20.2. The van der Waals surface area contributed by atoms with Crippen LogP contribution in [-0.4, -0.2) is 23.3 Å². The standard InChI is InChI=1S/C12H18O3.C8H18/c1-8-4-5-12(14,11(8,2)3)9-6-10(13)15-7-9;1-4-5-6-7-8(2)3/h6,8,14H,4-5,7H2,1-3H3;8H,4-7H2,1-3H3. The molecule has 1 N–H and O–H groups in total. The van der Waals surface area contributed by atoms with Crippen molar-refractivity contribution in [2.45, 2.75) is 85.7 Å². The number of esters is 1. The van der Waals surface area contributed by atoms with Crippen molar-refractivity contribution in [1.82, 2.24) is 0 Å². The predicted octanol–water partition coefficient (Wildman–Crippen LogP) is 4.88. The molecule has 2 atom stereocenters. The lowest BCUT2D eigenvalue weighted by atomic mass is 9.70. The molecule has 0 aromatic heterocycles. The summed E-state index contributed by atoms with van der Waals surface area (Å²) in [5.41, 5.74) is -0.298. The number of aliphatic hydroxyl groups is 1. The summed E-state index contributed by atoms with van der Waals surface area (Å²) in [6, 6.07) is 0. The van der Waals surface area contributed by atoms with Crippen LogP contribution in [0, 0.1) is 17.3 Å². The Morgan fingerprint density at radius 3 is 2.39 bits per heavy atom. The summed E-state index contributed by atoms with van der Waals surface area (Å²) in [5, 5.41) is 10.7. The van der Waals surface area contributed by atoms with Crippen LogP contribution < -0.4 is 0 Å². The first-order chi connectivity index (χ1) is 10.6. The molecule has 3 nitrogen and oxygen atoms in total. The molecule has 0 spiro atoms. The van der Waals surface area contributed by atoms with Gasteiger partial charge in [0.05, 0.1) is 5.60 Å². The fourth-order valence-corrected chi connectivity index (χ4v) is 3.51. The van der Waals surface area contributed by atoms with Crippen molar-refractivity contribution in [1.29, 1.82) is 0 Å². The predicted molar refractivity (Wildman–Crippen MR) is 95.2 cm³/mol. The van der Waals surface area contributed by atoms with Gasteiger partial charge in [-0.2, -0.15) is 0 Å². The van der Waals surface area contributed by atoms with E-state index in [1.54, 1.807) is 0 Å². The first-order valence-corrected chi connectivity index (χ1v) is 9.25. The van der Waals surface area contributed by atoms with Gasteiger partial charge in [0.15, 0.2) is 0 Å². The third kappa shape index (κ3) is 4.82. The summed E-state index contributed by atoms with van der Waals surface area (Å²) in [4.78, 5) is 11.0. The molecule has 0 aromatic carbocycles. The fraction of sp³-hybridized carbons (Fsp3) is 0.850. The van der Waals surface area contributed by atoms with Gasteiger partial charge in [-0.1, -0.05) is 67.2 Å². The third-order valence-electron chi connectivity index (χ3n) is 5.82. The van der Waals surface area contributed by atoms with Crippen molar-refractivity contribution in [2.24, 2.45) is 17.3 Å². The summed E-state index contributed by atoms with van der Waals surface area (Å²) >= 11 is 0. The van der Waals surface area contributed by atoms with E-state index in [9.17, 15) is 9.90 Å². The van der Waals surface area contributed by atoms with Gasteiger partial charge in [-0.3, -0.25) is 0 Å². The molecule has 1 saturated carbocycles. The molecule has 0 saturated heterocycles. The van der Waals surface area contributed by atoms with E-state index in [0.717, 1.165) is 24.3 Å². The van der Waals surface area contributed by atoms with E-state index in [2.05, 4.69) is 41.5 Å². The van der Waals surface area contributed by atoms with Gasteiger partial charge in [0, 0.05) is 17.1 Å². The second-order valence-corrected chi connectivity index (χ2v) is 8.19. The molecular weight excluding hydrogens is 288 g/mol. The second-order valence-electron chi connectivity index (χ2n) is 8.19. The van der Waals surface area contributed by atoms with Gasteiger partial charge in [0.2, 0.25) is 0 Å². The van der Waals surface area contributed by atoms with E-state index >= 15 is 0 Å². The molecular formula is C20H36O3. The lowest BCUT2D eigenvalue weighted by molar-refractivity contribution is -0.135. The van der Waals surface area contributed by atoms with Crippen LogP contribution >= 0.6 is 0 Å². The van der Waals surface area contributed by atoms with Gasteiger partial charge in [-0.05, 0) is 24.7 Å². The molecule has 0 bridgehead atoms. The number of carbonyl (C=O) groups is 1. The summed E-state index contributed by atoms with van der Waals surface area (Å²) in [6.45, 7) is 13.4. The Morgan fingerprint density at radius 2 is 2.00 bits per heavy atom. The van der Waals surface area contributed by atoms with Crippen LogP contribution in [0.3, 0.4) is 0 Å². The average molecular weight is 325 g/mol. The van der Waals surface area contributed by atoms with Gasteiger partial charge in [0.25, 0.3) is 0 Å². The zero-order valence-corrected chi connectivity index (χ0v) is 15.9. The van der Waals surface area contributed by atoms with Crippen LogP contribution in [-0.2, 0) is 9.53 Å². The molecule has 23 heavy (non-hydrogen) atoms. The molecule has 3 heteroatoms. The van der Waals surface area contributed by atoms with Gasteiger partial charge in [-0.25, -0.2) is 4.79 Å². The number of rotatable bonds is 5. The normalized spacial score (nSPS) is 29.1. The molecule has 0 amide bonds. The summed E-state index contributed by atoms with van der Waals surface area (Å²) < 4.78 is 4.88. The fourth-order valence-electron chi connectivity index (χ4n) is 3.51. The lowest BCUT2D eigenvalue weighted by Crippen LogP contribution is -2.44. The van der Waals surface area contributed by atoms with Gasteiger partial charge < -0.3 is 9.84 Å².